The number of carbonyl (C=O) groups is 2. The Morgan fingerprint density at radius 2 is 1.50 bits per heavy atom. The lowest BCUT2D eigenvalue weighted by atomic mass is 9.55. The van der Waals surface area contributed by atoms with E-state index >= 15 is 0 Å². The molecule has 2 aromatic carbocycles. The number of ether oxygens (including phenoxy) is 1. The van der Waals surface area contributed by atoms with E-state index in [-0.39, 0.29) is 11.4 Å². The van der Waals surface area contributed by atoms with Gasteiger partial charge in [0.25, 0.3) is 0 Å². The number of benzene rings is 2. The molecule has 1 heterocycles. The van der Waals surface area contributed by atoms with Gasteiger partial charge in [0.05, 0.1) is 0 Å². The zero-order valence-corrected chi connectivity index (χ0v) is 18.1. The van der Waals surface area contributed by atoms with Crippen LogP contribution in [0, 0.1) is 13.8 Å². The Labute approximate surface area is 185 Å². The van der Waals surface area contributed by atoms with E-state index in [1.165, 1.54) is 19.2 Å². The van der Waals surface area contributed by atoms with Crippen LogP contribution in [0.25, 0.3) is 0 Å². The number of halogens is 2. The maximum Gasteiger partial charge on any atom is 0.430 e. The van der Waals surface area contributed by atoms with Gasteiger partial charge in [0.1, 0.15) is 0 Å². The van der Waals surface area contributed by atoms with Crippen LogP contribution < -0.4 is 15.7 Å². The second-order valence-corrected chi connectivity index (χ2v) is 7.56. The van der Waals surface area contributed by atoms with E-state index in [4.69, 9.17) is 32.6 Å². The Morgan fingerprint density at radius 1 is 0.933 bits per heavy atom. The molecule has 3 aromatic rings. The fourth-order valence-corrected chi connectivity index (χ4v) is 3.19. The maximum absolute atomic E-state index is 13.0. The molecule has 0 N–H and O–H groups in total. The SMILES string of the molecule is CC(=O)Oc1cccnc1C(=O)OB(c1ccc(C)c(Cl)c1)c1ccc(C)c(Cl)c1. The molecular weight excluding hydrogens is 424 g/mol. The zero-order valence-electron chi connectivity index (χ0n) is 16.6. The van der Waals surface area contributed by atoms with Crippen LogP contribution >= 0.6 is 23.2 Å². The normalized spacial score (nSPS) is 10.4. The molecular formula is C22H18BCl2NO4. The quantitative estimate of drug-likeness (QED) is 0.443. The highest BCUT2D eigenvalue weighted by molar-refractivity contribution is 6.81. The fourth-order valence-electron chi connectivity index (χ4n) is 2.82. The van der Waals surface area contributed by atoms with Crippen molar-refractivity contribution in [3.05, 3.63) is 81.6 Å². The Bertz CT molecular complexity index is 1070. The molecule has 3 rings (SSSR count). The number of aryl methyl sites for hydroxylation is 2. The van der Waals surface area contributed by atoms with E-state index in [1.54, 1.807) is 18.2 Å². The molecule has 0 radical (unpaired) electrons. The minimum Gasteiger partial charge on any atom is -0.521 e. The van der Waals surface area contributed by atoms with Crippen molar-refractivity contribution in [1.29, 1.82) is 0 Å². The second-order valence-electron chi connectivity index (χ2n) is 6.75. The van der Waals surface area contributed by atoms with Gasteiger partial charge in [-0.2, -0.15) is 0 Å². The van der Waals surface area contributed by atoms with E-state index in [1.807, 2.05) is 38.1 Å². The number of carbonyl (C=O) groups excluding carboxylic acids is 2. The first kappa shape index (κ1) is 21.9. The summed E-state index contributed by atoms with van der Waals surface area (Å²) in [7, 11) is 0. The average Bonchev–Trinajstić information content (AvgIpc) is 2.70. The van der Waals surface area contributed by atoms with Crippen molar-refractivity contribution >= 4 is 53.0 Å². The van der Waals surface area contributed by atoms with Crippen molar-refractivity contribution < 1.29 is 19.0 Å². The Morgan fingerprint density at radius 3 is 2.00 bits per heavy atom. The van der Waals surface area contributed by atoms with Crippen molar-refractivity contribution in [2.24, 2.45) is 0 Å². The van der Waals surface area contributed by atoms with Crippen LogP contribution in [0.1, 0.15) is 28.5 Å². The lowest BCUT2D eigenvalue weighted by Gasteiger charge is -2.17. The third-order valence-corrected chi connectivity index (χ3v) is 5.25. The monoisotopic (exact) mass is 441 g/mol. The number of hydrogen-bond acceptors (Lipinski definition) is 5. The summed E-state index contributed by atoms with van der Waals surface area (Å²) in [5, 5.41) is 1.09. The molecule has 0 aliphatic carbocycles. The second kappa shape index (κ2) is 9.33. The standard InChI is InChI=1S/C22H18BCl2NO4/c1-13-6-8-16(11-18(13)24)23(17-9-7-14(2)19(25)12-17)30-22(28)21-20(29-15(3)27)5-4-10-26-21/h4-12H,1-3H3. The Hall–Kier alpha value is -2.83. The topological polar surface area (TPSA) is 65.5 Å². The third-order valence-electron chi connectivity index (χ3n) is 4.44. The van der Waals surface area contributed by atoms with Crippen LogP contribution in [0.15, 0.2) is 54.7 Å². The van der Waals surface area contributed by atoms with E-state index in [0.717, 1.165) is 11.1 Å². The van der Waals surface area contributed by atoms with E-state index in [9.17, 15) is 9.59 Å². The smallest absolute Gasteiger partial charge is 0.430 e. The molecule has 30 heavy (non-hydrogen) atoms. The molecule has 0 aliphatic heterocycles. The molecule has 0 aliphatic rings. The lowest BCUT2D eigenvalue weighted by Crippen LogP contribution is -2.46. The fraction of sp³-hybridized carbons (Fsp3) is 0.136. The molecule has 0 bridgehead atoms. The first-order chi connectivity index (χ1) is 14.3. The minimum absolute atomic E-state index is 0.0256. The van der Waals surface area contributed by atoms with Gasteiger partial charge in [-0.25, -0.2) is 9.78 Å². The summed E-state index contributed by atoms with van der Waals surface area (Å²) in [6, 6.07) is 13.9. The van der Waals surface area contributed by atoms with Crippen LogP contribution in [0.3, 0.4) is 0 Å². The van der Waals surface area contributed by atoms with Gasteiger partial charge in [0.15, 0.2) is 11.4 Å². The van der Waals surface area contributed by atoms with Crippen LogP contribution in [-0.4, -0.2) is 23.8 Å². The van der Waals surface area contributed by atoms with E-state index in [0.29, 0.717) is 21.0 Å². The predicted octanol–water partition coefficient (Wildman–Crippen LogP) is 3.89. The van der Waals surface area contributed by atoms with Crippen LogP contribution in [0.2, 0.25) is 10.0 Å². The first-order valence-electron chi connectivity index (χ1n) is 9.12. The van der Waals surface area contributed by atoms with Gasteiger partial charge in [0.2, 0.25) is 0 Å². The summed E-state index contributed by atoms with van der Waals surface area (Å²) < 4.78 is 10.9. The minimum atomic E-state index is -0.791. The van der Waals surface area contributed by atoms with Crippen molar-refractivity contribution in [3.63, 3.8) is 0 Å². The van der Waals surface area contributed by atoms with Gasteiger partial charge >= 0.3 is 18.9 Å². The highest BCUT2D eigenvalue weighted by Crippen LogP contribution is 2.19. The molecule has 1 aromatic heterocycles. The molecule has 0 saturated heterocycles. The predicted molar refractivity (Wildman–Crippen MR) is 118 cm³/mol. The molecule has 8 heteroatoms. The molecule has 0 spiro atoms. The van der Waals surface area contributed by atoms with Crippen LogP contribution in [0.5, 0.6) is 5.75 Å². The number of pyridine rings is 1. The summed E-state index contributed by atoms with van der Waals surface area (Å²) in [5.74, 6) is -1.29. The van der Waals surface area contributed by atoms with Gasteiger partial charge in [-0.3, -0.25) is 4.79 Å². The molecule has 152 valence electrons. The summed E-state index contributed by atoms with van der Waals surface area (Å²) in [4.78, 5) is 28.4. The highest BCUT2D eigenvalue weighted by atomic mass is 35.5. The van der Waals surface area contributed by atoms with Crippen molar-refractivity contribution in [2.45, 2.75) is 20.8 Å². The van der Waals surface area contributed by atoms with E-state index in [2.05, 4.69) is 4.98 Å². The number of aromatic nitrogens is 1. The van der Waals surface area contributed by atoms with Gasteiger partial charge in [-0.05, 0) is 60.2 Å². The number of hydrogen-bond donors (Lipinski definition) is 0. The van der Waals surface area contributed by atoms with Gasteiger partial charge in [-0.1, -0.05) is 47.5 Å². The van der Waals surface area contributed by atoms with Crippen LogP contribution in [0.4, 0.5) is 0 Å². The molecule has 0 unspecified atom stereocenters. The number of esters is 1. The largest absolute Gasteiger partial charge is 0.521 e. The third kappa shape index (κ3) is 5.01. The first-order valence-corrected chi connectivity index (χ1v) is 9.88. The van der Waals surface area contributed by atoms with Crippen molar-refractivity contribution in [2.75, 3.05) is 0 Å². The van der Waals surface area contributed by atoms with Gasteiger partial charge in [0, 0.05) is 23.2 Å². The Kier molecular flexibility index (Phi) is 6.80. The highest BCUT2D eigenvalue weighted by Gasteiger charge is 2.29. The Balaban J connectivity index is 2.03. The summed E-state index contributed by atoms with van der Waals surface area (Å²) >= 11 is 12.6. The molecule has 0 amide bonds. The summed E-state index contributed by atoms with van der Waals surface area (Å²) in [6.45, 7) is 4.22. The van der Waals surface area contributed by atoms with Gasteiger partial charge in [-0.15, -0.1) is 0 Å². The zero-order chi connectivity index (χ0) is 21.8. The van der Waals surface area contributed by atoms with Crippen molar-refractivity contribution in [1.82, 2.24) is 4.98 Å². The lowest BCUT2D eigenvalue weighted by molar-refractivity contribution is -0.131. The molecule has 0 atom stereocenters. The maximum atomic E-state index is 13.0. The van der Waals surface area contributed by atoms with Crippen molar-refractivity contribution in [3.8, 4) is 5.75 Å². The molecule has 0 saturated carbocycles. The number of nitrogens with zero attached hydrogens (tertiary/aromatic N) is 1. The van der Waals surface area contributed by atoms with E-state index < -0.39 is 18.9 Å². The number of rotatable bonds is 5. The summed E-state index contributed by atoms with van der Waals surface area (Å²) in [5.41, 5.74) is 3.03. The van der Waals surface area contributed by atoms with Gasteiger partial charge < -0.3 is 9.39 Å². The average molecular weight is 442 g/mol. The molecule has 5 nitrogen and oxygen atoms in total. The van der Waals surface area contributed by atoms with Crippen LogP contribution in [-0.2, 0) is 9.45 Å². The summed E-state index contributed by atoms with van der Waals surface area (Å²) in [6.07, 6.45) is 1.42. The molecule has 0 fully saturated rings.